The summed E-state index contributed by atoms with van der Waals surface area (Å²) in [6, 6.07) is 12.6. The Morgan fingerprint density at radius 3 is 2.73 bits per heavy atom. The minimum absolute atomic E-state index is 0.0825. The van der Waals surface area contributed by atoms with Gasteiger partial charge in [0.1, 0.15) is 15.8 Å². The zero-order valence-corrected chi connectivity index (χ0v) is 20.6. The van der Waals surface area contributed by atoms with Crippen LogP contribution < -0.4 is 15.4 Å². The smallest absolute Gasteiger partial charge is 0.236 e. The Bertz CT molecular complexity index is 1140. The van der Waals surface area contributed by atoms with Crippen molar-refractivity contribution < 1.29 is 9.53 Å². The minimum Gasteiger partial charge on any atom is -0.489 e. The van der Waals surface area contributed by atoms with Crippen LogP contribution in [0, 0.1) is 0 Å². The molecule has 7 nitrogen and oxygen atoms in total. The molecule has 0 saturated carbocycles. The highest BCUT2D eigenvalue weighted by atomic mass is 32.1. The molecule has 1 aliphatic rings. The van der Waals surface area contributed by atoms with Gasteiger partial charge < -0.3 is 20.3 Å². The van der Waals surface area contributed by atoms with Crippen molar-refractivity contribution in [2.75, 3.05) is 33.0 Å². The van der Waals surface area contributed by atoms with E-state index in [4.69, 9.17) is 4.74 Å². The normalized spacial score (nSPS) is 14.9. The van der Waals surface area contributed by atoms with Gasteiger partial charge in [0.05, 0.1) is 18.3 Å². The van der Waals surface area contributed by atoms with Gasteiger partial charge >= 0.3 is 0 Å². The van der Waals surface area contributed by atoms with E-state index in [9.17, 15) is 4.79 Å². The summed E-state index contributed by atoms with van der Waals surface area (Å²) in [6.45, 7) is 4.38. The van der Waals surface area contributed by atoms with Gasteiger partial charge in [-0.25, -0.2) is 0 Å². The molecule has 0 unspecified atom stereocenters. The highest BCUT2D eigenvalue weighted by molar-refractivity contribution is 7.17. The van der Waals surface area contributed by atoms with Crippen molar-refractivity contribution in [1.82, 2.24) is 20.4 Å². The number of fused-ring (bicyclic) bond motifs is 1. The molecule has 1 aromatic heterocycles. The van der Waals surface area contributed by atoms with E-state index in [2.05, 4.69) is 45.1 Å². The van der Waals surface area contributed by atoms with Crippen molar-refractivity contribution in [2.24, 2.45) is 0 Å². The number of ether oxygens (including phenoxy) is 1. The van der Waals surface area contributed by atoms with Gasteiger partial charge in [-0.3, -0.25) is 4.79 Å². The molecule has 0 saturated heterocycles. The van der Waals surface area contributed by atoms with E-state index in [0.717, 1.165) is 45.4 Å². The van der Waals surface area contributed by atoms with Gasteiger partial charge in [-0.2, -0.15) is 0 Å². The van der Waals surface area contributed by atoms with E-state index in [-0.39, 0.29) is 18.1 Å². The van der Waals surface area contributed by atoms with Crippen molar-refractivity contribution in [3.63, 3.8) is 0 Å². The predicted molar refractivity (Wildman–Crippen MR) is 134 cm³/mol. The maximum absolute atomic E-state index is 12.0. The lowest BCUT2D eigenvalue weighted by atomic mass is 10.0. The van der Waals surface area contributed by atoms with Gasteiger partial charge in [0, 0.05) is 38.3 Å². The van der Waals surface area contributed by atoms with Crippen molar-refractivity contribution in [2.45, 2.75) is 38.8 Å². The Balaban J connectivity index is 1.57. The van der Waals surface area contributed by atoms with Crippen LogP contribution in [-0.2, 0) is 11.2 Å². The lowest BCUT2D eigenvalue weighted by molar-refractivity contribution is -0.127. The van der Waals surface area contributed by atoms with Crippen LogP contribution in [0.4, 0.5) is 5.69 Å². The number of carbonyl (C=O) groups is 1. The molecule has 0 bridgehead atoms. The second-order valence-electron chi connectivity index (χ2n) is 8.67. The van der Waals surface area contributed by atoms with Crippen molar-refractivity contribution in [3.05, 3.63) is 47.5 Å². The zero-order valence-electron chi connectivity index (χ0n) is 19.8. The van der Waals surface area contributed by atoms with Gasteiger partial charge in [0.15, 0.2) is 0 Å². The maximum Gasteiger partial charge on any atom is 0.236 e. The summed E-state index contributed by atoms with van der Waals surface area (Å²) >= 11 is 1.60. The first-order chi connectivity index (χ1) is 15.9. The second kappa shape index (κ2) is 9.89. The number of amides is 1. The first kappa shape index (κ1) is 23.2. The number of likely N-dealkylation sites (N-methyl/N-ethyl adjacent to an activating group) is 1. The largest absolute Gasteiger partial charge is 0.489 e. The van der Waals surface area contributed by atoms with E-state index in [0.29, 0.717) is 6.54 Å². The molecule has 33 heavy (non-hydrogen) atoms. The first-order valence-electron chi connectivity index (χ1n) is 11.3. The summed E-state index contributed by atoms with van der Waals surface area (Å²) in [6.07, 6.45) is 2.04. The Kier molecular flexibility index (Phi) is 6.95. The third-order valence-corrected chi connectivity index (χ3v) is 6.79. The monoisotopic (exact) mass is 465 g/mol. The number of benzene rings is 2. The first-order valence-corrected chi connectivity index (χ1v) is 12.1. The number of anilines is 1. The van der Waals surface area contributed by atoms with E-state index in [1.54, 1.807) is 30.3 Å². The predicted octanol–water partition coefficient (Wildman–Crippen LogP) is 4.37. The van der Waals surface area contributed by atoms with Crippen LogP contribution in [0.1, 0.15) is 37.4 Å². The van der Waals surface area contributed by atoms with E-state index >= 15 is 0 Å². The lowest BCUT2D eigenvalue weighted by Gasteiger charge is -2.16. The number of nitrogens with zero attached hydrogens (tertiary/aromatic N) is 3. The van der Waals surface area contributed by atoms with Crippen LogP contribution in [0.2, 0.25) is 0 Å². The molecule has 4 rings (SSSR count). The van der Waals surface area contributed by atoms with Gasteiger partial charge in [0.25, 0.3) is 0 Å². The highest BCUT2D eigenvalue weighted by Gasteiger charge is 2.26. The maximum atomic E-state index is 12.0. The molecule has 3 aromatic rings. The summed E-state index contributed by atoms with van der Waals surface area (Å²) in [7, 11) is 5.45. The van der Waals surface area contributed by atoms with Crippen molar-refractivity contribution in [1.29, 1.82) is 0 Å². The van der Waals surface area contributed by atoms with Gasteiger partial charge in [-0.15, -0.1) is 10.2 Å². The Morgan fingerprint density at radius 1 is 1.21 bits per heavy atom. The number of aromatic nitrogens is 2. The van der Waals surface area contributed by atoms with Crippen LogP contribution in [0.25, 0.3) is 21.1 Å². The summed E-state index contributed by atoms with van der Waals surface area (Å²) < 4.78 is 5.88. The van der Waals surface area contributed by atoms with Gasteiger partial charge in [0.2, 0.25) is 5.91 Å². The summed E-state index contributed by atoms with van der Waals surface area (Å²) in [4.78, 5) is 13.6. The Labute approximate surface area is 199 Å². The quantitative estimate of drug-likeness (QED) is 0.514. The fourth-order valence-electron chi connectivity index (χ4n) is 4.10. The number of hydrogen-bond donors (Lipinski definition) is 2. The van der Waals surface area contributed by atoms with Crippen LogP contribution in [0.5, 0.6) is 5.75 Å². The van der Waals surface area contributed by atoms with Crippen LogP contribution in [0.3, 0.4) is 0 Å². The van der Waals surface area contributed by atoms with E-state index in [1.807, 2.05) is 33.0 Å². The molecular weight excluding hydrogens is 434 g/mol. The molecule has 1 aliphatic carbocycles. The summed E-state index contributed by atoms with van der Waals surface area (Å²) in [5.41, 5.74) is 5.62. The molecule has 1 atom stereocenters. The molecular formula is C25H31N5O2S. The fraction of sp³-hybridized carbons (Fsp3) is 0.400. The molecule has 0 fully saturated rings. The molecule has 0 spiro atoms. The minimum atomic E-state index is 0.0825. The average molecular weight is 466 g/mol. The lowest BCUT2D eigenvalue weighted by Crippen LogP contribution is -2.34. The molecule has 1 heterocycles. The third kappa shape index (κ3) is 5.02. The molecule has 0 aliphatic heterocycles. The van der Waals surface area contributed by atoms with Crippen molar-refractivity contribution in [3.8, 4) is 26.9 Å². The van der Waals surface area contributed by atoms with Gasteiger partial charge in [-0.1, -0.05) is 29.5 Å². The highest BCUT2D eigenvalue weighted by Crippen LogP contribution is 2.40. The standard InChI is InChI=1S/C25H31N5O2S/c1-15(2)32-22-12-9-16(13-21(22)26-3)24-28-29-25(33-24)19-8-6-7-18-17(19)10-11-20(18)27-14-23(31)30(4)5/h6-9,12-13,15,20,26-27H,10-11,14H2,1-5H3/t20-/m0/s1. The number of rotatable bonds is 8. The topological polar surface area (TPSA) is 79.4 Å². The molecule has 2 N–H and O–H groups in total. The second-order valence-corrected chi connectivity index (χ2v) is 9.65. The average Bonchev–Trinajstić information content (AvgIpc) is 3.44. The van der Waals surface area contributed by atoms with Crippen molar-refractivity contribution >= 4 is 22.9 Å². The Hall–Kier alpha value is -2.97. The summed E-state index contributed by atoms with van der Waals surface area (Å²) in [5.74, 6) is 0.910. The fourth-order valence-corrected chi connectivity index (χ4v) is 4.99. The van der Waals surface area contributed by atoms with Gasteiger partial charge in [-0.05, 0) is 56.0 Å². The number of nitrogens with one attached hydrogen (secondary N) is 2. The molecule has 0 radical (unpaired) electrons. The SMILES string of the molecule is CNc1cc(-c2nnc(-c3cccc4c3CC[C@@H]4NCC(=O)N(C)C)s2)ccc1OC(C)C. The summed E-state index contributed by atoms with van der Waals surface area (Å²) in [5, 5.41) is 17.4. The molecule has 2 aromatic carbocycles. The van der Waals surface area contributed by atoms with E-state index in [1.165, 1.54) is 11.1 Å². The van der Waals surface area contributed by atoms with Crippen LogP contribution in [-0.4, -0.2) is 54.8 Å². The van der Waals surface area contributed by atoms with Crippen LogP contribution in [0.15, 0.2) is 36.4 Å². The number of hydrogen-bond acceptors (Lipinski definition) is 7. The molecule has 8 heteroatoms. The third-order valence-electron chi connectivity index (χ3n) is 5.78. The molecule has 174 valence electrons. The Morgan fingerprint density at radius 2 is 2.00 bits per heavy atom. The van der Waals surface area contributed by atoms with Crippen LogP contribution >= 0.6 is 11.3 Å². The number of carbonyl (C=O) groups excluding carboxylic acids is 1. The zero-order chi connectivity index (χ0) is 23.5. The molecule has 1 amide bonds. The van der Waals surface area contributed by atoms with E-state index < -0.39 is 0 Å².